The summed E-state index contributed by atoms with van der Waals surface area (Å²) >= 11 is 11.7. The highest BCUT2D eigenvalue weighted by Crippen LogP contribution is 2.59. The molecule has 1 aliphatic carbocycles. The van der Waals surface area contributed by atoms with Crippen LogP contribution in [-0.4, -0.2) is 4.33 Å². The standard InChI is InChI=1S/C9H7Cl2F/c10-9(11)5-8(9)6-2-1-3-7(12)4-6/h1-4,8H,5H2. The van der Waals surface area contributed by atoms with Crippen LogP contribution in [0.5, 0.6) is 0 Å². The smallest absolute Gasteiger partial charge is 0.125 e. The van der Waals surface area contributed by atoms with Crippen LogP contribution in [0.1, 0.15) is 17.9 Å². The number of hydrogen-bond acceptors (Lipinski definition) is 0. The first-order valence-electron chi connectivity index (χ1n) is 3.73. The Morgan fingerprint density at radius 3 is 2.58 bits per heavy atom. The van der Waals surface area contributed by atoms with E-state index in [0.29, 0.717) is 0 Å². The lowest BCUT2D eigenvalue weighted by molar-refractivity contribution is 0.625. The van der Waals surface area contributed by atoms with E-state index in [-0.39, 0.29) is 11.7 Å². The third-order valence-corrected chi connectivity index (χ3v) is 2.91. The summed E-state index contributed by atoms with van der Waals surface area (Å²) in [7, 11) is 0. The minimum Gasteiger partial charge on any atom is -0.207 e. The molecule has 0 N–H and O–H groups in total. The summed E-state index contributed by atoms with van der Waals surface area (Å²) in [5.41, 5.74) is 0.889. The number of benzene rings is 1. The molecule has 0 spiro atoms. The van der Waals surface area contributed by atoms with E-state index in [9.17, 15) is 4.39 Å². The number of hydrogen-bond donors (Lipinski definition) is 0. The second-order valence-corrected chi connectivity index (χ2v) is 4.62. The molecule has 1 fully saturated rings. The molecule has 1 aromatic carbocycles. The zero-order valence-corrected chi connectivity index (χ0v) is 7.74. The van der Waals surface area contributed by atoms with Gasteiger partial charge < -0.3 is 0 Å². The number of rotatable bonds is 1. The summed E-state index contributed by atoms with van der Waals surface area (Å²) < 4.78 is 12.1. The molecule has 0 aromatic heterocycles. The van der Waals surface area contributed by atoms with Gasteiger partial charge in [0.2, 0.25) is 0 Å². The lowest BCUT2D eigenvalue weighted by Gasteiger charge is -1.99. The molecule has 0 saturated heterocycles. The molecule has 64 valence electrons. The Bertz CT molecular complexity index is 309. The molecule has 0 nitrogen and oxygen atoms in total. The number of halogens is 3. The van der Waals surface area contributed by atoms with Crippen molar-refractivity contribution in [3.63, 3.8) is 0 Å². The van der Waals surface area contributed by atoms with E-state index < -0.39 is 4.33 Å². The predicted octanol–water partition coefficient (Wildman–Crippen LogP) is 3.49. The molecule has 1 atom stereocenters. The Morgan fingerprint density at radius 2 is 2.08 bits per heavy atom. The molecular formula is C9H7Cl2F. The average Bonchev–Trinajstić information content (AvgIpc) is 2.60. The van der Waals surface area contributed by atoms with Gasteiger partial charge in [0.25, 0.3) is 0 Å². The van der Waals surface area contributed by atoms with E-state index in [1.807, 2.05) is 6.07 Å². The van der Waals surface area contributed by atoms with Crippen LogP contribution in [0.2, 0.25) is 0 Å². The van der Waals surface area contributed by atoms with Gasteiger partial charge in [0.15, 0.2) is 0 Å². The highest BCUT2D eigenvalue weighted by Gasteiger charge is 2.52. The van der Waals surface area contributed by atoms with Crippen molar-refractivity contribution in [1.82, 2.24) is 0 Å². The van der Waals surface area contributed by atoms with E-state index >= 15 is 0 Å². The van der Waals surface area contributed by atoms with E-state index in [2.05, 4.69) is 0 Å². The Hall–Kier alpha value is -0.270. The van der Waals surface area contributed by atoms with Crippen molar-refractivity contribution in [2.24, 2.45) is 0 Å². The van der Waals surface area contributed by atoms with Gasteiger partial charge >= 0.3 is 0 Å². The first-order valence-corrected chi connectivity index (χ1v) is 4.48. The van der Waals surface area contributed by atoms with Crippen molar-refractivity contribution in [3.05, 3.63) is 35.6 Å². The van der Waals surface area contributed by atoms with Crippen LogP contribution in [0.4, 0.5) is 4.39 Å². The summed E-state index contributed by atoms with van der Waals surface area (Å²) in [4.78, 5) is 0. The monoisotopic (exact) mass is 204 g/mol. The summed E-state index contributed by atoms with van der Waals surface area (Å²) in [6, 6.07) is 6.42. The first-order chi connectivity index (χ1) is 5.59. The van der Waals surface area contributed by atoms with E-state index in [4.69, 9.17) is 23.2 Å². The van der Waals surface area contributed by atoms with Gasteiger partial charge in [-0.2, -0.15) is 0 Å². The molecule has 0 heterocycles. The van der Waals surface area contributed by atoms with Gasteiger partial charge in [-0.25, -0.2) is 4.39 Å². The molecule has 12 heavy (non-hydrogen) atoms. The molecule has 0 bridgehead atoms. The van der Waals surface area contributed by atoms with Crippen molar-refractivity contribution in [2.75, 3.05) is 0 Å². The van der Waals surface area contributed by atoms with E-state index in [1.165, 1.54) is 12.1 Å². The second kappa shape index (κ2) is 2.61. The fourth-order valence-corrected chi connectivity index (χ4v) is 1.86. The molecule has 0 radical (unpaired) electrons. The average molecular weight is 205 g/mol. The summed E-state index contributed by atoms with van der Waals surface area (Å²) in [5, 5.41) is 0. The fraction of sp³-hybridized carbons (Fsp3) is 0.333. The molecule has 0 amide bonds. The summed E-state index contributed by atoms with van der Waals surface area (Å²) in [6.45, 7) is 0. The summed E-state index contributed by atoms with van der Waals surface area (Å²) in [6.07, 6.45) is 0.722. The van der Waals surface area contributed by atoms with Crippen molar-refractivity contribution in [3.8, 4) is 0 Å². The van der Waals surface area contributed by atoms with E-state index in [1.54, 1.807) is 6.07 Å². The Balaban J connectivity index is 2.26. The van der Waals surface area contributed by atoms with Gasteiger partial charge in [-0.3, -0.25) is 0 Å². The van der Waals surface area contributed by atoms with Crippen LogP contribution in [0.25, 0.3) is 0 Å². The number of alkyl halides is 2. The lowest BCUT2D eigenvalue weighted by atomic mass is 10.1. The predicted molar refractivity (Wildman–Crippen MR) is 48.2 cm³/mol. The Labute approximate surface area is 80.3 Å². The van der Waals surface area contributed by atoms with Gasteiger partial charge in [0.05, 0.1) is 0 Å². The van der Waals surface area contributed by atoms with Crippen LogP contribution in [-0.2, 0) is 0 Å². The van der Waals surface area contributed by atoms with E-state index in [0.717, 1.165) is 12.0 Å². The van der Waals surface area contributed by atoms with Crippen molar-refractivity contribution < 1.29 is 4.39 Å². The minimum atomic E-state index is -0.659. The molecule has 3 heteroatoms. The van der Waals surface area contributed by atoms with Crippen LogP contribution in [0.15, 0.2) is 24.3 Å². The molecule has 0 aliphatic heterocycles. The van der Waals surface area contributed by atoms with Gasteiger partial charge in [0.1, 0.15) is 10.2 Å². The SMILES string of the molecule is Fc1cccc(C2CC2(Cl)Cl)c1. The fourth-order valence-electron chi connectivity index (χ4n) is 1.30. The largest absolute Gasteiger partial charge is 0.207 e. The molecule has 1 aliphatic rings. The van der Waals surface area contributed by atoms with Gasteiger partial charge in [-0.05, 0) is 24.1 Å². The Morgan fingerprint density at radius 1 is 1.42 bits per heavy atom. The maximum Gasteiger partial charge on any atom is 0.125 e. The normalized spacial score (nSPS) is 25.4. The molecule has 1 unspecified atom stereocenters. The van der Waals surface area contributed by atoms with Crippen molar-refractivity contribution in [1.29, 1.82) is 0 Å². The zero-order chi connectivity index (χ0) is 8.77. The molecule has 1 aromatic rings. The lowest BCUT2D eigenvalue weighted by Crippen LogP contribution is -1.89. The van der Waals surface area contributed by atoms with Crippen LogP contribution in [0.3, 0.4) is 0 Å². The van der Waals surface area contributed by atoms with Crippen molar-refractivity contribution >= 4 is 23.2 Å². The topological polar surface area (TPSA) is 0 Å². The highest BCUT2D eigenvalue weighted by atomic mass is 35.5. The summed E-state index contributed by atoms with van der Waals surface area (Å²) in [5.74, 6) is -0.125. The highest BCUT2D eigenvalue weighted by molar-refractivity contribution is 6.51. The van der Waals surface area contributed by atoms with Crippen LogP contribution >= 0.6 is 23.2 Å². The van der Waals surface area contributed by atoms with Gasteiger partial charge in [0, 0.05) is 5.92 Å². The molecule has 2 rings (SSSR count). The van der Waals surface area contributed by atoms with Crippen molar-refractivity contribution in [2.45, 2.75) is 16.7 Å². The van der Waals surface area contributed by atoms with Crippen LogP contribution < -0.4 is 0 Å². The minimum absolute atomic E-state index is 0.108. The maximum absolute atomic E-state index is 12.7. The molecule has 1 saturated carbocycles. The third kappa shape index (κ3) is 1.44. The zero-order valence-electron chi connectivity index (χ0n) is 6.23. The Kier molecular flexibility index (Phi) is 1.81. The second-order valence-electron chi connectivity index (χ2n) is 3.07. The first kappa shape index (κ1) is 8.33. The maximum atomic E-state index is 12.7. The van der Waals surface area contributed by atoms with Crippen LogP contribution in [0, 0.1) is 5.82 Å². The van der Waals surface area contributed by atoms with Gasteiger partial charge in [-0.15, -0.1) is 23.2 Å². The third-order valence-electron chi connectivity index (χ3n) is 2.08. The molecular weight excluding hydrogens is 198 g/mol. The quantitative estimate of drug-likeness (QED) is 0.615. The van der Waals surface area contributed by atoms with Gasteiger partial charge in [-0.1, -0.05) is 12.1 Å².